The minimum absolute atomic E-state index is 1.25. The van der Waals surface area contributed by atoms with Crippen LogP contribution in [-0.2, 0) is 0 Å². The Morgan fingerprint density at radius 2 is 0.643 bits per heavy atom. The molecule has 0 spiro atoms. The van der Waals surface area contributed by atoms with E-state index in [-0.39, 0.29) is 0 Å². The Morgan fingerprint density at radius 3 is 1.00 bits per heavy atom. The van der Waals surface area contributed by atoms with Crippen molar-refractivity contribution < 1.29 is 0 Å². The van der Waals surface area contributed by atoms with Crippen LogP contribution in [0.1, 0.15) is 22.3 Å². The van der Waals surface area contributed by atoms with Gasteiger partial charge in [0.15, 0.2) is 0 Å². The van der Waals surface area contributed by atoms with Crippen LogP contribution < -0.4 is 0 Å². The summed E-state index contributed by atoms with van der Waals surface area (Å²) in [7, 11) is 0. The van der Waals surface area contributed by atoms with E-state index in [1.165, 1.54) is 55.6 Å². The quantitative estimate of drug-likeness (QED) is 0.347. The van der Waals surface area contributed by atoms with Gasteiger partial charge in [-0.3, -0.25) is 0 Å². The van der Waals surface area contributed by atoms with E-state index in [1.807, 2.05) is 0 Å². The van der Waals surface area contributed by atoms with E-state index in [2.05, 4.69) is 113 Å². The molecule has 4 aromatic rings. The van der Waals surface area contributed by atoms with E-state index in [9.17, 15) is 0 Å². The number of hydrogen-bond donors (Lipinski definition) is 0. The van der Waals surface area contributed by atoms with Crippen LogP contribution in [0.15, 0.2) is 84.9 Å². The van der Waals surface area contributed by atoms with Crippen molar-refractivity contribution in [2.45, 2.75) is 27.7 Å². The van der Waals surface area contributed by atoms with Crippen molar-refractivity contribution in [3.8, 4) is 33.4 Å². The maximum Gasteiger partial charge on any atom is -0.0179 e. The number of hydrogen-bond acceptors (Lipinski definition) is 0. The fourth-order valence-corrected chi connectivity index (χ4v) is 3.66. The first kappa shape index (κ1) is 18.3. The standard InChI is InChI=1S/C28H26/c1-19-5-7-23(8-6-19)24-9-11-25(12-10-24)26-13-15-27(16-14-26)28-17-20(2)22(4)21(3)18-28/h5-18H,1-4H3. The highest BCUT2D eigenvalue weighted by atomic mass is 14.1. The summed E-state index contributed by atoms with van der Waals surface area (Å²) in [6.45, 7) is 8.69. The molecule has 0 aliphatic heterocycles. The van der Waals surface area contributed by atoms with Crippen molar-refractivity contribution in [1.82, 2.24) is 0 Å². The first-order chi connectivity index (χ1) is 13.5. The highest BCUT2D eigenvalue weighted by Crippen LogP contribution is 2.29. The van der Waals surface area contributed by atoms with Gasteiger partial charge in [-0.05, 0) is 77.8 Å². The zero-order chi connectivity index (χ0) is 19.7. The van der Waals surface area contributed by atoms with Gasteiger partial charge in [-0.15, -0.1) is 0 Å². The molecule has 28 heavy (non-hydrogen) atoms. The van der Waals surface area contributed by atoms with Crippen molar-refractivity contribution >= 4 is 0 Å². The lowest BCUT2D eigenvalue weighted by Crippen LogP contribution is -1.89. The first-order valence-corrected chi connectivity index (χ1v) is 9.87. The number of aryl methyl sites for hydroxylation is 3. The molecular formula is C28H26. The molecule has 0 heterocycles. The molecule has 0 saturated carbocycles. The van der Waals surface area contributed by atoms with E-state index in [4.69, 9.17) is 0 Å². The second kappa shape index (κ2) is 7.48. The van der Waals surface area contributed by atoms with Crippen LogP contribution in [0.25, 0.3) is 33.4 Å². The minimum atomic E-state index is 1.25. The predicted molar refractivity (Wildman–Crippen MR) is 122 cm³/mol. The third-order valence-electron chi connectivity index (χ3n) is 5.75. The third kappa shape index (κ3) is 3.64. The molecule has 138 valence electrons. The van der Waals surface area contributed by atoms with Gasteiger partial charge >= 0.3 is 0 Å². The second-order valence-electron chi connectivity index (χ2n) is 7.76. The van der Waals surface area contributed by atoms with Crippen molar-refractivity contribution in [2.75, 3.05) is 0 Å². The summed E-state index contributed by atoms with van der Waals surface area (Å²) < 4.78 is 0. The summed E-state index contributed by atoms with van der Waals surface area (Å²) in [5.74, 6) is 0. The molecule has 0 saturated heterocycles. The lowest BCUT2D eigenvalue weighted by atomic mass is 9.94. The molecule has 0 aromatic heterocycles. The lowest BCUT2D eigenvalue weighted by molar-refractivity contribution is 1.27. The van der Waals surface area contributed by atoms with Crippen molar-refractivity contribution in [3.05, 3.63) is 107 Å². The largest absolute Gasteiger partial charge is 0.0587 e. The SMILES string of the molecule is Cc1ccc(-c2ccc(-c3ccc(-c4cc(C)c(C)c(C)c4)cc3)cc2)cc1. The van der Waals surface area contributed by atoms with Crippen LogP contribution in [0.3, 0.4) is 0 Å². The zero-order valence-electron chi connectivity index (χ0n) is 17.1. The maximum absolute atomic E-state index is 2.29. The molecule has 4 aromatic carbocycles. The lowest BCUT2D eigenvalue weighted by Gasteiger charge is -2.10. The Kier molecular flexibility index (Phi) is 4.88. The zero-order valence-corrected chi connectivity index (χ0v) is 17.1. The van der Waals surface area contributed by atoms with Crippen molar-refractivity contribution in [3.63, 3.8) is 0 Å². The Morgan fingerprint density at radius 1 is 0.357 bits per heavy atom. The summed E-state index contributed by atoms with van der Waals surface area (Å²) in [5, 5.41) is 0. The Balaban J connectivity index is 1.59. The molecule has 0 atom stereocenters. The monoisotopic (exact) mass is 362 g/mol. The van der Waals surface area contributed by atoms with Gasteiger partial charge in [0.1, 0.15) is 0 Å². The summed E-state index contributed by atoms with van der Waals surface area (Å²) in [5.41, 5.74) is 13.0. The van der Waals surface area contributed by atoms with Crippen LogP contribution in [0.5, 0.6) is 0 Å². The van der Waals surface area contributed by atoms with Gasteiger partial charge in [-0.2, -0.15) is 0 Å². The van der Waals surface area contributed by atoms with Gasteiger partial charge in [-0.1, -0.05) is 90.5 Å². The van der Waals surface area contributed by atoms with Gasteiger partial charge < -0.3 is 0 Å². The molecule has 0 fully saturated rings. The number of benzene rings is 4. The second-order valence-corrected chi connectivity index (χ2v) is 7.76. The Hall–Kier alpha value is -3.12. The predicted octanol–water partition coefficient (Wildman–Crippen LogP) is 7.92. The molecule has 4 rings (SSSR count). The molecule has 0 nitrogen and oxygen atoms in total. The summed E-state index contributed by atoms with van der Waals surface area (Å²) in [6.07, 6.45) is 0. The van der Waals surface area contributed by atoms with Gasteiger partial charge in [0.2, 0.25) is 0 Å². The molecule has 0 heteroatoms. The summed E-state index contributed by atoms with van der Waals surface area (Å²) in [4.78, 5) is 0. The molecule has 0 aliphatic rings. The average Bonchev–Trinajstić information content (AvgIpc) is 2.72. The van der Waals surface area contributed by atoms with Crippen molar-refractivity contribution in [1.29, 1.82) is 0 Å². The molecular weight excluding hydrogens is 336 g/mol. The van der Waals surface area contributed by atoms with Crippen LogP contribution in [0, 0.1) is 27.7 Å². The first-order valence-electron chi connectivity index (χ1n) is 9.87. The van der Waals surface area contributed by atoms with Crippen LogP contribution in [0.2, 0.25) is 0 Å². The molecule has 0 aliphatic carbocycles. The average molecular weight is 363 g/mol. The van der Waals surface area contributed by atoms with Crippen LogP contribution >= 0.6 is 0 Å². The molecule has 0 radical (unpaired) electrons. The van der Waals surface area contributed by atoms with Crippen molar-refractivity contribution in [2.24, 2.45) is 0 Å². The number of rotatable bonds is 3. The summed E-state index contributed by atoms with van der Waals surface area (Å²) in [6, 6.07) is 31.0. The molecule has 0 amide bonds. The fourth-order valence-electron chi connectivity index (χ4n) is 3.66. The minimum Gasteiger partial charge on any atom is -0.0587 e. The van der Waals surface area contributed by atoms with E-state index in [0.717, 1.165) is 0 Å². The van der Waals surface area contributed by atoms with E-state index >= 15 is 0 Å². The van der Waals surface area contributed by atoms with Gasteiger partial charge in [0.05, 0.1) is 0 Å². The topological polar surface area (TPSA) is 0 Å². The molecule has 0 N–H and O–H groups in total. The fraction of sp³-hybridized carbons (Fsp3) is 0.143. The van der Waals surface area contributed by atoms with Crippen LogP contribution in [-0.4, -0.2) is 0 Å². The Labute approximate surface area is 168 Å². The van der Waals surface area contributed by atoms with Gasteiger partial charge in [0.25, 0.3) is 0 Å². The highest BCUT2D eigenvalue weighted by Gasteiger charge is 2.05. The molecule has 0 bridgehead atoms. The third-order valence-corrected chi connectivity index (χ3v) is 5.75. The van der Waals surface area contributed by atoms with Gasteiger partial charge in [-0.25, -0.2) is 0 Å². The van der Waals surface area contributed by atoms with E-state index in [1.54, 1.807) is 0 Å². The van der Waals surface area contributed by atoms with E-state index in [0.29, 0.717) is 0 Å². The van der Waals surface area contributed by atoms with E-state index < -0.39 is 0 Å². The van der Waals surface area contributed by atoms with Crippen LogP contribution in [0.4, 0.5) is 0 Å². The van der Waals surface area contributed by atoms with Gasteiger partial charge in [0, 0.05) is 0 Å². The Bertz CT molecular complexity index is 1070. The highest BCUT2D eigenvalue weighted by molar-refractivity contribution is 5.74. The molecule has 0 unspecified atom stereocenters. The smallest absolute Gasteiger partial charge is 0.0179 e. The maximum atomic E-state index is 2.29. The normalized spacial score (nSPS) is 10.9. The summed E-state index contributed by atoms with van der Waals surface area (Å²) >= 11 is 0.